The predicted molar refractivity (Wildman–Crippen MR) is 127 cm³/mol. The number of aromatic amines is 1. The van der Waals surface area contributed by atoms with Gasteiger partial charge >= 0.3 is 0 Å². The third-order valence-corrected chi connectivity index (χ3v) is 9.07. The van der Waals surface area contributed by atoms with Crippen LogP contribution < -0.4 is 0 Å². The largest absolute Gasteiger partial charge is 0.346 e. The first kappa shape index (κ1) is 22.6. The number of sulfonamides is 1. The van der Waals surface area contributed by atoms with Crippen LogP contribution in [-0.4, -0.2) is 59.7 Å². The second-order valence-electron chi connectivity index (χ2n) is 9.06. The Hall–Kier alpha value is -3.22. The van der Waals surface area contributed by atoms with Crippen molar-refractivity contribution < 1.29 is 13.2 Å². The van der Waals surface area contributed by atoms with Crippen LogP contribution in [0.4, 0.5) is 0 Å². The number of pyridine rings is 1. The number of aromatic nitrogens is 2. The van der Waals surface area contributed by atoms with Crippen molar-refractivity contribution in [1.29, 1.82) is 5.26 Å². The van der Waals surface area contributed by atoms with Gasteiger partial charge in [-0.25, -0.2) is 13.4 Å². The smallest absolute Gasteiger partial charge is 0.243 e. The molecule has 34 heavy (non-hydrogen) atoms. The molecule has 0 spiro atoms. The van der Waals surface area contributed by atoms with Gasteiger partial charge in [-0.2, -0.15) is 9.57 Å². The molecule has 0 bridgehead atoms. The third-order valence-electron chi connectivity index (χ3n) is 7.15. The summed E-state index contributed by atoms with van der Waals surface area (Å²) in [6.07, 6.45) is 6.72. The molecule has 2 aliphatic heterocycles. The summed E-state index contributed by atoms with van der Waals surface area (Å²) in [6.45, 7) is 2.11. The molecule has 1 aromatic carbocycles. The minimum atomic E-state index is -3.62. The molecule has 1 N–H and O–H groups in total. The number of benzene rings is 1. The van der Waals surface area contributed by atoms with Crippen molar-refractivity contribution in [3.63, 3.8) is 0 Å². The Kier molecular flexibility index (Phi) is 6.11. The number of hydrogen-bond acceptors (Lipinski definition) is 5. The summed E-state index contributed by atoms with van der Waals surface area (Å²) < 4.78 is 27.3. The maximum Gasteiger partial charge on any atom is 0.243 e. The summed E-state index contributed by atoms with van der Waals surface area (Å²) in [5.74, 6) is 0.414. The maximum atomic E-state index is 13.2. The fourth-order valence-electron chi connectivity index (χ4n) is 5.18. The highest BCUT2D eigenvalue weighted by Crippen LogP contribution is 2.34. The zero-order valence-corrected chi connectivity index (χ0v) is 19.7. The number of hydrogen-bond donors (Lipinski definition) is 1. The van der Waals surface area contributed by atoms with Crippen LogP contribution in [-0.2, 0) is 14.8 Å². The van der Waals surface area contributed by atoms with Gasteiger partial charge < -0.3 is 9.88 Å². The molecule has 2 aliphatic rings. The van der Waals surface area contributed by atoms with Crippen LogP contribution in [0.5, 0.6) is 0 Å². The number of rotatable bonds is 4. The number of amides is 1. The molecule has 2 aromatic heterocycles. The quantitative estimate of drug-likeness (QED) is 0.620. The Morgan fingerprint density at radius 1 is 1.03 bits per heavy atom. The topological polar surface area (TPSA) is 110 Å². The van der Waals surface area contributed by atoms with Crippen molar-refractivity contribution in [2.75, 3.05) is 26.2 Å². The zero-order valence-electron chi connectivity index (χ0n) is 18.9. The Labute approximate surface area is 199 Å². The standard InChI is InChI=1S/C25H27N5O3S/c26-16-18-3-5-21(6-4-18)34(32,33)30-14-9-20(10-15-30)25(31)29-12-7-19(8-13-29)23-17-28-24-22(23)2-1-11-27-24/h1-6,11,17,19-20H,7-10,12-15H2,(H,27,28). The molecule has 8 nitrogen and oxygen atoms in total. The number of H-pyrrole nitrogens is 1. The van der Waals surface area contributed by atoms with Gasteiger partial charge in [0.25, 0.3) is 0 Å². The molecular weight excluding hydrogens is 450 g/mol. The van der Waals surface area contributed by atoms with E-state index in [1.807, 2.05) is 23.2 Å². The van der Waals surface area contributed by atoms with Crippen LogP contribution in [0.15, 0.2) is 53.7 Å². The number of nitrogens with zero attached hydrogens (tertiary/aromatic N) is 4. The minimum absolute atomic E-state index is 0.138. The Balaban J connectivity index is 1.17. The van der Waals surface area contributed by atoms with Gasteiger partial charge in [-0.15, -0.1) is 0 Å². The summed E-state index contributed by atoms with van der Waals surface area (Å²) in [7, 11) is -3.62. The van der Waals surface area contributed by atoms with E-state index in [0.29, 0.717) is 37.4 Å². The molecular formula is C25H27N5O3S. The average molecular weight is 478 g/mol. The molecule has 1 amide bonds. The molecule has 0 aliphatic carbocycles. The normalized spacial score (nSPS) is 18.7. The summed E-state index contributed by atoms with van der Waals surface area (Å²) in [5.41, 5.74) is 2.60. The summed E-state index contributed by atoms with van der Waals surface area (Å²) in [6, 6.07) is 12.0. The number of carbonyl (C=O) groups excluding carboxylic acids is 1. The maximum absolute atomic E-state index is 13.2. The number of likely N-dealkylation sites (tertiary alicyclic amines) is 1. The lowest BCUT2D eigenvalue weighted by atomic mass is 9.88. The van der Waals surface area contributed by atoms with E-state index in [-0.39, 0.29) is 16.7 Å². The van der Waals surface area contributed by atoms with E-state index in [9.17, 15) is 13.2 Å². The molecule has 2 saturated heterocycles. The minimum Gasteiger partial charge on any atom is -0.346 e. The Morgan fingerprint density at radius 2 is 1.74 bits per heavy atom. The lowest BCUT2D eigenvalue weighted by Crippen LogP contribution is -2.46. The fourth-order valence-corrected chi connectivity index (χ4v) is 6.65. The van der Waals surface area contributed by atoms with E-state index >= 15 is 0 Å². The van der Waals surface area contributed by atoms with Crippen molar-refractivity contribution in [3.05, 3.63) is 59.9 Å². The van der Waals surface area contributed by atoms with E-state index < -0.39 is 10.0 Å². The SMILES string of the molecule is N#Cc1ccc(S(=O)(=O)N2CCC(C(=O)N3CCC(c4c[nH]c5ncccc45)CC3)CC2)cc1. The highest BCUT2D eigenvalue weighted by Gasteiger charge is 2.35. The predicted octanol–water partition coefficient (Wildman–Crippen LogP) is 3.24. The molecule has 4 heterocycles. The van der Waals surface area contributed by atoms with Crippen molar-refractivity contribution in [2.45, 2.75) is 36.5 Å². The fraction of sp³-hybridized carbons (Fsp3) is 0.400. The van der Waals surface area contributed by atoms with Gasteiger partial charge in [-0.05, 0) is 73.6 Å². The van der Waals surface area contributed by atoms with Crippen LogP contribution in [0, 0.1) is 17.2 Å². The van der Waals surface area contributed by atoms with E-state index in [0.717, 1.165) is 37.0 Å². The van der Waals surface area contributed by atoms with Gasteiger partial charge in [0.15, 0.2) is 0 Å². The molecule has 2 fully saturated rings. The molecule has 0 atom stereocenters. The van der Waals surface area contributed by atoms with E-state index in [1.54, 1.807) is 6.20 Å². The monoisotopic (exact) mass is 477 g/mol. The molecule has 5 rings (SSSR count). The van der Waals surface area contributed by atoms with Crippen molar-refractivity contribution >= 4 is 27.0 Å². The van der Waals surface area contributed by atoms with Crippen LogP contribution in [0.1, 0.15) is 42.7 Å². The van der Waals surface area contributed by atoms with Gasteiger partial charge in [0.2, 0.25) is 15.9 Å². The molecule has 3 aromatic rings. The van der Waals surface area contributed by atoms with E-state index in [2.05, 4.69) is 16.0 Å². The van der Waals surface area contributed by atoms with Gasteiger partial charge in [-0.3, -0.25) is 4.79 Å². The summed E-state index contributed by atoms with van der Waals surface area (Å²) in [4.78, 5) is 22.9. The highest BCUT2D eigenvalue weighted by atomic mass is 32.2. The van der Waals surface area contributed by atoms with Crippen LogP contribution in [0.3, 0.4) is 0 Å². The van der Waals surface area contributed by atoms with E-state index in [1.165, 1.54) is 34.1 Å². The Morgan fingerprint density at radius 3 is 2.41 bits per heavy atom. The third kappa shape index (κ3) is 4.19. The number of nitriles is 1. The first-order valence-corrected chi connectivity index (χ1v) is 13.1. The summed E-state index contributed by atoms with van der Waals surface area (Å²) in [5, 5.41) is 10.1. The average Bonchev–Trinajstić information content (AvgIpc) is 3.33. The first-order chi connectivity index (χ1) is 16.5. The first-order valence-electron chi connectivity index (χ1n) is 11.7. The van der Waals surface area contributed by atoms with Gasteiger partial charge in [-0.1, -0.05) is 0 Å². The Bertz CT molecular complexity index is 1330. The summed E-state index contributed by atoms with van der Waals surface area (Å²) >= 11 is 0. The second kappa shape index (κ2) is 9.20. The number of nitrogens with one attached hydrogen (secondary N) is 1. The van der Waals surface area contributed by atoms with Gasteiger partial charge in [0.1, 0.15) is 5.65 Å². The molecule has 176 valence electrons. The van der Waals surface area contributed by atoms with Crippen molar-refractivity contribution in [2.24, 2.45) is 5.92 Å². The van der Waals surface area contributed by atoms with Crippen LogP contribution in [0.2, 0.25) is 0 Å². The van der Waals surface area contributed by atoms with E-state index in [4.69, 9.17) is 5.26 Å². The zero-order chi connectivity index (χ0) is 23.7. The lowest BCUT2D eigenvalue weighted by Gasteiger charge is -2.37. The highest BCUT2D eigenvalue weighted by molar-refractivity contribution is 7.89. The molecule has 0 unspecified atom stereocenters. The van der Waals surface area contributed by atoms with Crippen molar-refractivity contribution in [3.8, 4) is 6.07 Å². The van der Waals surface area contributed by atoms with Crippen LogP contribution >= 0.6 is 0 Å². The number of carbonyl (C=O) groups is 1. The van der Waals surface area contributed by atoms with Gasteiger partial charge in [0.05, 0.1) is 16.5 Å². The van der Waals surface area contributed by atoms with Crippen molar-refractivity contribution in [1.82, 2.24) is 19.2 Å². The number of fused-ring (bicyclic) bond motifs is 1. The molecule has 0 saturated carbocycles. The molecule has 9 heteroatoms. The lowest BCUT2D eigenvalue weighted by molar-refractivity contribution is -0.137. The number of piperidine rings is 2. The second-order valence-corrected chi connectivity index (χ2v) is 11.0. The molecule has 0 radical (unpaired) electrons. The van der Waals surface area contributed by atoms with Crippen LogP contribution in [0.25, 0.3) is 11.0 Å². The van der Waals surface area contributed by atoms with Gasteiger partial charge in [0, 0.05) is 49.9 Å².